The Balaban J connectivity index is 1.90. The minimum absolute atomic E-state index is 0.370. The van der Waals surface area contributed by atoms with E-state index in [0.29, 0.717) is 16.5 Å². The Morgan fingerprint density at radius 3 is 2.94 bits per heavy atom. The summed E-state index contributed by atoms with van der Waals surface area (Å²) in [6, 6.07) is 0.370. The quantitative estimate of drug-likeness (QED) is 0.633. The number of hydrazine groups is 1. The smallest absolute Gasteiger partial charge is 0.108 e. The molecule has 1 aromatic rings. The lowest BCUT2D eigenvalue weighted by Crippen LogP contribution is -2.47. The second kappa shape index (κ2) is 6.84. The van der Waals surface area contributed by atoms with Crippen LogP contribution >= 0.6 is 23.5 Å². The molecule has 3 N–H and O–H groups in total. The first-order chi connectivity index (χ1) is 8.72. The average molecular weight is 286 g/mol. The van der Waals surface area contributed by atoms with Gasteiger partial charge in [-0.25, -0.2) is 4.98 Å². The van der Waals surface area contributed by atoms with E-state index in [1.165, 1.54) is 11.5 Å². The maximum absolute atomic E-state index is 5.74. The van der Waals surface area contributed by atoms with E-state index in [2.05, 4.69) is 45.4 Å². The molecule has 3 atom stereocenters. The van der Waals surface area contributed by atoms with Gasteiger partial charge >= 0.3 is 0 Å². The van der Waals surface area contributed by atoms with Crippen molar-refractivity contribution in [3.05, 3.63) is 18.2 Å². The predicted octanol–water partition coefficient (Wildman–Crippen LogP) is 1.42. The predicted molar refractivity (Wildman–Crippen MR) is 80.8 cm³/mol. The molecule has 0 saturated carbocycles. The van der Waals surface area contributed by atoms with E-state index in [4.69, 9.17) is 5.84 Å². The summed E-state index contributed by atoms with van der Waals surface area (Å²) < 4.78 is 2.08. The fourth-order valence-corrected chi connectivity index (χ4v) is 5.34. The molecule has 0 radical (unpaired) electrons. The van der Waals surface area contributed by atoms with Crippen LogP contribution in [0.1, 0.15) is 19.2 Å². The zero-order chi connectivity index (χ0) is 13.0. The highest BCUT2D eigenvalue weighted by Crippen LogP contribution is 2.33. The number of aromatic nitrogens is 2. The number of hydrogen-bond acceptors (Lipinski definition) is 5. The summed E-state index contributed by atoms with van der Waals surface area (Å²) >= 11 is 4.11. The Labute approximate surface area is 117 Å². The summed E-state index contributed by atoms with van der Waals surface area (Å²) in [7, 11) is 2.04. The largest absolute Gasteiger partial charge is 0.338 e. The zero-order valence-corrected chi connectivity index (χ0v) is 12.6. The Kier molecular flexibility index (Phi) is 5.41. The summed E-state index contributed by atoms with van der Waals surface area (Å²) in [4.78, 5) is 4.37. The van der Waals surface area contributed by atoms with Crippen molar-refractivity contribution in [3.8, 4) is 0 Å². The summed E-state index contributed by atoms with van der Waals surface area (Å²) in [6.45, 7) is 2.31. The van der Waals surface area contributed by atoms with E-state index in [1.54, 1.807) is 0 Å². The van der Waals surface area contributed by atoms with Crippen LogP contribution in [-0.2, 0) is 13.5 Å². The van der Waals surface area contributed by atoms with E-state index in [-0.39, 0.29) is 0 Å². The Morgan fingerprint density at radius 1 is 1.56 bits per heavy atom. The molecule has 0 spiro atoms. The fraction of sp³-hybridized carbons (Fsp3) is 0.750. The van der Waals surface area contributed by atoms with E-state index in [1.807, 2.05) is 19.4 Å². The van der Waals surface area contributed by atoms with Crippen molar-refractivity contribution in [1.29, 1.82) is 0 Å². The third kappa shape index (κ3) is 3.44. The molecule has 2 rings (SSSR count). The minimum Gasteiger partial charge on any atom is -0.338 e. The third-order valence-electron chi connectivity index (χ3n) is 3.45. The van der Waals surface area contributed by atoms with Crippen LogP contribution in [0.25, 0.3) is 0 Å². The molecule has 1 aliphatic rings. The second-order valence-electron chi connectivity index (χ2n) is 4.68. The Morgan fingerprint density at radius 2 is 2.33 bits per heavy atom. The molecule has 1 fully saturated rings. The molecule has 1 saturated heterocycles. The first-order valence-corrected chi connectivity index (χ1v) is 8.47. The van der Waals surface area contributed by atoms with Crippen molar-refractivity contribution in [1.82, 2.24) is 15.0 Å². The molecule has 1 aliphatic heterocycles. The third-order valence-corrected chi connectivity index (χ3v) is 6.70. The highest BCUT2D eigenvalue weighted by Gasteiger charge is 2.29. The molecular formula is C12H22N4S2. The maximum Gasteiger partial charge on any atom is 0.108 e. The van der Waals surface area contributed by atoms with Crippen LogP contribution in [0.3, 0.4) is 0 Å². The van der Waals surface area contributed by atoms with E-state index < -0.39 is 0 Å². The zero-order valence-electron chi connectivity index (χ0n) is 11.0. The molecule has 6 heteroatoms. The van der Waals surface area contributed by atoms with Gasteiger partial charge in [-0.2, -0.15) is 23.5 Å². The number of thioether (sulfide) groups is 2. The molecule has 4 nitrogen and oxygen atoms in total. The monoisotopic (exact) mass is 286 g/mol. The van der Waals surface area contributed by atoms with Crippen molar-refractivity contribution >= 4 is 23.5 Å². The lowest BCUT2D eigenvalue weighted by molar-refractivity contribution is 0.467. The highest BCUT2D eigenvalue weighted by atomic mass is 32.2. The van der Waals surface area contributed by atoms with Gasteiger partial charge in [0.2, 0.25) is 0 Å². The van der Waals surface area contributed by atoms with Crippen molar-refractivity contribution in [2.24, 2.45) is 12.9 Å². The van der Waals surface area contributed by atoms with Crippen LogP contribution in [0, 0.1) is 0 Å². The number of nitrogens with two attached hydrogens (primary N) is 1. The lowest BCUT2D eigenvalue weighted by atomic mass is 10.1. The van der Waals surface area contributed by atoms with Gasteiger partial charge in [-0.3, -0.25) is 11.3 Å². The van der Waals surface area contributed by atoms with Gasteiger partial charge in [-0.15, -0.1) is 0 Å². The first kappa shape index (κ1) is 14.2. The van der Waals surface area contributed by atoms with Crippen LogP contribution in [0.2, 0.25) is 0 Å². The lowest BCUT2D eigenvalue weighted by Gasteiger charge is -2.34. The summed E-state index contributed by atoms with van der Waals surface area (Å²) in [5.74, 6) is 9.38. The molecule has 0 aromatic carbocycles. The maximum atomic E-state index is 5.74. The van der Waals surface area contributed by atoms with Crippen molar-refractivity contribution < 1.29 is 0 Å². The summed E-state index contributed by atoms with van der Waals surface area (Å²) in [5, 5.41) is 1.28. The average Bonchev–Trinajstić information content (AvgIpc) is 2.78. The van der Waals surface area contributed by atoms with Crippen molar-refractivity contribution in [2.45, 2.75) is 36.3 Å². The normalized spacial score (nSPS) is 26.2. The number of nitrogens with zero attached hydrogens (tertiary/aromatic N) is 2. The van der Waals surface area contributed by atoms with Crippen LogP contribution in [0.15, 0.2) is 12.4 Å². The van der Waals surface area contributed by atoms with Gasteiger partial charge in [0.1, 0.15) is 5.82 Å². The number of nitrogens with one attached hydrogen (secondary N) is 1. The van der Waals surface area contributed by atoms with Crippen LogP contribution in [0.5, 0.6) is 0 Å². The van der Waals surface area contributed by atoms with Crippen LogP contribution in [-0.4, -0.2) is 37.6 Å². The number of imidazole rings is 1. The van der Waals surface area contributed by atoms with Crippen molar-refractivity contribution in [2.75, 3.05) is 11.5 Å². The molecule has 1 aromatic heterocycles. The topological polar surface area (TPSA) is 55.9 Å². The van der Waals surface area contributed by atoms with Gasteiger partial charge in [0, 0.05) is 53.9 Å². The van der Waals surface area contributed by atoms with E-state index in [0.717, 1.165) is 18.7 Å². The Bertz CT molecular complexity index is 369. The molecule has 2 heterocycles. The molecular weight excluding hydrogens is 264 g/mol. The van der Waals surface area contributed by atoms with Gasteiger partial charge in [-0.05, 0) is 6.42 Å². The second-order valence-corrected chi connectivity index (χ2v) is 7.45. The number of hydrogen-bond donors (Lipinski definition) is 2. The van der Waals surface area contributed by atoms with Gasteiger partial charge < -0.3 is 4.57 Å². The fourth-order valence-electron chi connectivity index (χ4n) is 2.36. The van der Waals surface area contributed by atoms with Gasteiger partial charge in [0.25, 0.3) is 0 Å². The standard InChI is InChI=1S/C12H22N4S2/c1-9-12(18-8-7-17-9)10(15-13)3-4-11-14-5-6-16(11)2/h5-6,9-10,12,15H,3-4,7-8,13H2,1-2H3. The molecule has 0 amide bonds. The van der Waals surface area contributed by atoms with Gasteiger partial charge in [0.15, 0.2) is 0 Å². The number of aryl methyl sites for hydroxylation is 2. The van der Waals surface area contributed by atoms with E-state index in [9.17, 15) is 0 Å². The van der Waals surface area contributed by atoms with Crippen LogP contribution < -0.4 is 11.3 Å². The summed E-state index contributed by atoms with van der Waals surface area (Å²) in [5.41, 5.74) is 3.01. The van der Waals surface area contributed by atoms with Gasteiger partial charge in [0.05, 0.1) is 0 Å². The van der Waals surface area contributed by atoms with E-state index >= 15 is 0 Å². The van der Waals surface area contributed by atoms with Crippen LogP contribution in [0.4, 0.5) is 0 Å². The van der Waals surface area contributed by atoms with Crippen molar-refractivity contribution in [3.63, 3.8) is 0 Å². The minimum atomic E-state index is 0.370. The molecule has 18 heavy (non-hydrogen) atoms. The molecule has 3 unspecified atom stereocenters. The highest BCUT2D eigenvalue weighted by molar-refractivity contribution is 8.07. The van der Waals surface area contributed by atoms with Gasteiger partial charge in [-0.1, -0.05) is 6.92 Å². The molecule has 0 bridgehead atoms. The molecule has 0 aliphatic carbocycles. The Hall–Kier alpha value is -0.170. The SMILES string of the molecule is CC1SCCSC1C(CCc1nccn1C)NN. The number of rotatable bonds is 5. The first-order valence-electron chi connectivity index (χ1n) is 6.38. The summed E-state index contributed by atoms with van der Waals surface area (Å²) in [6.07, 6.45) is 5.87. The molecule has 102 valence electrons.